The van der Waals surface area contributed by atoms with E-state index in [9.17, 15) is 9.90 Å². The molecule has 0 radical (unpaired) electrons. The fraction of sp³-hybridized carbons (Fsp3) is 0.417. The molecule has 0 aliphatic rings. The number of carboxylic acid groups (broad SMARTS) is 1. The summed E-state index contributed by atoms with van der Waals surface area (Å²) in [6.07, 6.45) is 0. The van der Waals surface area contributed by atoms with Gasteiger partial charge >= 0.3 is 5.97 Å². The second-order valence-corrected chi connectivity index (χ2v) is 5.09. The van der Waals surface area contributed by atoms with Crippen LogP contribution in [0.25, 0.3) is 0 Å². The van der Waals surface area contributed by atoms with E-state index in [1.165, 1.54) is 0 Å². The summed E-state index contributed by atoms with van der Waals surface area (Å²) in [6.45, 7) is 3.90. The summed E-state index contributed by atoms with van der Waals surface area (Å²) < 4.78 is 0.713. The first-order valence-electron chi connectivity index (χ1n) is 5.36. The van der Waals surface area contributed by atoms with E-state index in [1.807, 2.05) is 13.8 Å². The van der Waals surface area contributed by atoms with E-state index in [-0.39, 0.29) is 24.1 Å². The molecule has 5 heteroatoms. The van der Waals surface area contributed by atoms with Crippen molar-refractivity contribution in [3.63, 3.8) is 0 Å². The SMILES string of the molecule is CC(C)[C@@H](CO)Nc1ccc(Br)cc1C(=O)O. The van der Waals surface area contributed by atoms with Crippen LogP contribution in [0.3, 0.4) is 0 Å². The number of nitrogens with one attached hydrogen (secondary N) is 1. The molecule has 0 aliphatic carbocycles. The summed E-state index contributed by atoms with van der Waals surface area (Å²) in [5.41, 5.74) is 0.715. The normalized spacial score (nSPS) is 12.5. The molecule has 0 saturated heterocycles. The van der Waals surface area contributed by atoms with Crippen molar-refractivity contribution in [3.05, 3.63) is 28.2 Å². The first-order chi connectivity index (χ1) is 7.95. The second kappa shape index (κ2) is 6.02. The Hall–Kier alpha value is -1.07. The molecule has 1 rings (SSSR count). The molecular weight excluding hydrogens is 286 g/mol. The molecule has 1 aromatic rings. The molecule has 0 saturated carbocycles. The summed E-state index contributed by atoms with van der Waals surface area (Å²) in [5.74, 6) is -0.778. The van der Waals surface area contributed by atoms with Gasteiger partial charge in [-0.05, 0) is 24.1 Å². The molecule has 0 aromatic heterocycles. The van der Waals surface area contributed by atoms with Crippen molar-refractivity contribution < 1.29 is 15.0 Å². The lowest BCUT2D eigenvalue weighted by atomic mass is 10.0. The highest BCUT2D eigenvalue weighted by Crippen LogP contribution is 2.22. The third-order valence-corrected chi connectivity index (χ3v) is 3.05. The van der Waals surface area contributed by atoms with Gasteiger partial charge in [-0.15, -0.1) is 0 Å². The molecule has 0 unspecified atom stereocenters. The molecule has 17 heavy (non-hydrogen) atoms. The zero-order chi connectivity index (χ0) is 13.0. The van der Waals surface area contributed by atoms with Crippen LogP contribution in [0.4, 0.5) is 5.69 Å². The van der Waals surface area contributed by atoms with Crippen LogP contribution in [0.5, 0.6) is 0 Å². The van der Waals surface area contributed by atoms with Crippen LogP contribution >= 0.6 is 15.9 Å². The van der Waals surface area contributed by atoms with Crippen LogP contribution in [0.1, 0.15) is 24.2 Å². The minimum Gasteiger partial charge on any atom is -0.478 e. The van der Waals surface area contributed by atoms with Crippen molar-refractivity contribution in [1.82, 2.24) is 0 Å². The number of carboxylic acids is 1. The van der Waals surface area contributed by atoms with Gasteiger partial charge in [0.05, 0.1) is 18.2 Å². The smallest absolute Gasteiger partial charge is 0.337 e. The van der Waals surface area contributed by atoms with Crippen LogP contribution in [0.15, 0.2) is 22.7 Å². The van der Waals surface area contributed by atoms with Crippen LogP contribution in [0.2, 0.25) is 0 Å². The third kappa shape index (κ3) is 3.71. The Morgan fingerprint density at radius 1 is 1.47 bits per heavy atom. The molecule has 0 spiro atoms. The molecule has 1 aromatic carbocycles. The maximum atomic E-state index is 11.1. The van der Waals surface area contributed by atoms with E-state index < -0.39 is 5.97 Å². The fourth-order valence-electron chi connectivity index (χ4n) is 1.44. The number of halogens is 1. The molecule has 3 N–H and O–H groups in total. The molecule has 4 nitrogen and oxygen atoms in total. The molecule has 0 heterocycles. The Balaban J connectivity index is 3.01. The first-order valence-corrected chi connectivity index (χ1v) is 6.15. The molecule has 0 bridgehead atoms. The van der Waals surface area contributed by atoms with Gasteiger partial charge in [0.1, 0.15) is 0 Å². The Morgan fingerprint density at radius 3 is 2.59 bits per heavy atom. The number of carbonyl (C=O) groups is 1. The van der Waals surface area contributed by atoms with Gasteiger partial charge in [-0.1, -0.05) is 29.8 Å². The lowest BCUT2D eigenvalue weighted by Crippen LogP contribution is -2.30. The monoisotopic (exact) mass is 301 g/mol. The molecule has 94 valence electrons. The van der Waals surface area contributed by atoms with Crippen molar-refractivity contribution >= 4 is 27.6 Å². The lowest BCUT2D eigenvalue weighted by molar-refractivity contribution is 0.0697. The van der Waals surface area contributed by atoms with Crippen molar-refractivity contribution in [2.24, 2.45) is 5.92 Å². The van der Waals surface area contributed by atoms with E-state index in [0.717, 1.165) is 0 Å². The number of aliphatic hydroxyl groups is 1. The molecule has 0 fully saturated rings. The Kier molecular flexibility index (Phi) is 4.96. The average Bonchev–Trinajstić information content (AvgIpc) is 2.26. The maximum Gasteiger partial charge on any atom is 0.337 e. The van der Waals surface area contributed by atoms with Gasteiger partial charge in [-0.25, -0.2) is 4.79 Å². The zero-order valence-electron chi connectivity index (χ0n) is 9.77. The van der Waals surface area contributed by atoms with Gasteiger partial charge in [-0.2, -0.15) is 0 Å². The van der Waals surface area contributed by atoms with Crippen molar-refractivity contribution in [2.45, 2.75) is 19.9 Å². The van der Waals surface area contributed by atoms with Gasteiger partial charge in [0, 0.05) is 10.2 Å². The highest BCUT2D eigenvalue weighted by Gasteiger charge is 2.16. The highest BCUT2D eigenvalue weighted by molar-refractivity contribution is 9.10. The topological polar surface area (TPSA) is 69.6 Å². The van der Waals surface area contributed by atoms with Gasteiger partial charge in [0.15, 0.2) is 0 Å². The van der Waals surface area contributed by atoms with E-state index in [1.54, 1.807) is 18.2 Å². The van der Waals surface area contributed by atoms with Gasteiger partial charge in [-0.3, -0.25) is 0 Å². The number of aromatic carboxylic acids is 1. The molecular formula is C12H16BrNO3. The van der Waals surface area contributed by atoms with Crippen LogP contribution in [0, 0.1) is 5.92 Å². The van der Waals surface area contributed by atoms with Crippen molar-refractivity contribution in [2.75, 3.05) is 11.9 Å². The highest BCUT2D eigenvalue weighted by atomic mass is 79.9. The van der Waals surface area contributed by atoms with Crippen molar-refractivity contribution in [1.29, 1.82) is 0 Å². The Bertz CT molecular complexity index is 407. The standard InChI is InChI=1S/C12H16BrNO3/c1-7(2)11(6-15)14-10-4-3-8(13)5-9(10)12(16)17/h3-5,7,11,14-15H,6H2,1-2H3,(H,16,17)/t11-/m1/s1. The van der Waals surface area contributed by atoms with E-state index in [0.29, 0.717) is 10.2 Å². The summed E-state index contributed by atoms with van der Waals surface area (Å²) in [6, 6.07) is 4.84. The summed E-state index contributed by atoms with van der Waals surface area (Å²) >= 11 is 3.24. The Labute approximate surface area is 109 Å². The maximum absolute atomic E-state index is 11.1. The zero-order valence-corrected chi connectivity index (χ0v) is 11.4. The number of anilines is 1. The fourth-order valence-corrected chi connectivity index (χ4v) is 1.80. The number of hydrogen-bond acceptors (Lipinski definition) is 3. The predicted molar refractivity (Wildman–Crippen MR) is 70.4 cm³/mol. The lowest BCUT2D eigenvalue weighted by Gasteiger charge is -2.22. The minimum absolute atomic E-state index is 0.0349. The van der Waals surface area contributed by atoms with Gasteiger partial charge in [0.2, 0.25) is 0 Å². The average molecular weight is 302 g/mol. The minimum atomic E-state index is -0.991. The summed E-state index contributed by atoms with van der Waals surface area (Å²) in [4.78, 5) is 11.1. The molecule has 1 atom stereocenters. The summed E-state index contributed by atoms with van der Waals surface area (Å²) in [5, 5.41) is 21.4. The first kappa shape index (κ1) is 14.0. The van der Waals surface area contributed by atoms with Crippen LogP contribution < -0.4 is 5.32 Å². The van der Waals surface area contributed by atoms with Crippen LogP contribution in [-0.4, -0.2) is 28.8 Å². The number of aliphatic hydroxyl groups excluding tert-OH is 1. The summed E-state index contributed by atoms with van der Waals surface area (Å²) in [7, 11) is 0. The number of hydrogen-bond donors (Lipinski definition) is 3. The second-order valence-electron chi connectivity index (χ2n) is 4.17. The van der Waals surface area contributed by atoms with Gasteiger partial charge in [0.25, 0.3) is 0 Å². The van der Waals surface area contributed by atoms with Crippen LogP contribution in [-0.2, 0) is 0 Å². The van der Waals surface area contributed by atoms with E-state index in [4.69, 9.17) is 5.11 Å². The number of rotatable bonds is 5. The quantitative estimate of drug-likeness (QED) is 0.782. The molecule has 0 aliphatic heterocycles. The third-order valence-electron chi connectivity index (χ3n) is 2.55. The van der Waals surface area contributed by atoms with E-state index >= 15 is 0 Å². The number of benzene rings is 1. The Morgan fingerprint density at radius 2 is 2.12 bits per heavy atom. The largest absolute Gasteiger partial charge is 0.478 e. The molecule has 0 amide bonds. The predicted octanol–water partition coefficient (Wildman–Crippen LogP) is 2.58. The van der Waals surface area contributed by atoms with Gasteiger partial charge < -0.3 is 15.5 Å². The van der Waals surface area contributed by atoms with Crippen molar-refractivity contribution in [3.8, 4) is 0 Å². The van der Waals surface area contributed by atoms with E-state index in [2.05, 4.69) is 21.2 Å².